The van der Waals surface area contributed by atoms with Crippen LogP contribution >= 0.6 is 0 Å². The summed E-state index contributed by atoms with van der Waals surface area (Å²) in [5.41, 5.74) is -0.384. The number of esters is 1. The maximum Gasteiger partial charge on any atom is 0.360 e. The summed E-state index contributed by atoms with van der Waals surface area (Å²) in [7, 11) is 0. The van der Waals surface area contributed by atoms with Gasteiger partial charge in [-0.15, -0.1) is 0 Å². The number of alkyl halides is 1. The molecule has 6 aliphatic rings. The van der Waals surface area contributed by atoms with Crippen LogP contribution in [0.2, 0.25) is 0 Å². The fraction of sp³-hybridized carbons (Fsp3) is 0.567. The largest absolute Gasteiger partial charge is 0.461 e. The number of oxazole rings is 1. The number of hydrogen-bond acceptors (Lipinski definition) is 8. The van der Waals surface area contributed by atoms with Gasteiger partial charge >= 0.3 is 5.97 Å². The van der Waals surface area contributed by atoms with Crippen LogP contribution in [0.1, 0.15) is 86.9 Å². The van der Waals surface area contributed by atoms with Gasteiger partial charge in [0, 0.05) is 23.2 Å². The minimum Gasteiger partial charge on any atom is -0.461 e. The van der Waals surface area contributed by atoms with E-state index >= 15 is 0 Å². The molecule has 210 valence electrons. The summed E-state index contributed by atoms with van der Waals surface area (Å²) in [4.78, 5) is 37.0. The molecular weight excluding hydrogens is 515 g/mol. The number of benzene rings is 1. The van der Waals surface area contributed by atoms with Gasteiger partial charge < -0.3 is 18.6 Å². The molecule has 0 radical (unpaired) electrons. The molecule has 6 aliphatic carbocycles. The number of rotatable bonds is 8. The maximum atomic E-state index is 14.5. The predicted octanol–water partition coefficient (Wildman–Crippen LogP) is 5.73. The molecule has 0 N–H and O–H groups in total. The van der Waals surface area contributed by atoms with E-state index in [0.717, 1.165) is 50.1 Å². The summed E-state index contributed by atoms with van der Waals surface area (Å²) in [6, 6.07) is 7.50. The van der Waals surface area contributed by atoms with Gasteiger partial charge in [-0.25, -0.2) is 14.2 Å². The highest BCUT2D eigenvalue weighted by molar-refractivity contribution is 6.00. The molecule has 2 heterocycles. The minimum absolute atomic E-state index is 0.00750. The molecule has 6 saturated carbocycles. The fourth-order valence-corrected chi connectivity index (χ4v) is 7.64. The first-order valence-electron chi connectivity index (χ1n) is 14.2. The third-order valence-electron chi connectivity index (χ3n) is 9.93. The SMILES string of the molecule is CCOC(=O)c1coc(-c2cccc(N(CC34CCC(c5nc(C)no5)(CC3)CC4)C(=O)C34CC(F)(C3)C4)c2)n1. The fourth-order valence-electron chi connectivity index (χ4n) is 7.64. The highest BCUT2D eigenvalue weighted by Gasteiger charge is 2.73. The van der Waals surface area contributed by atoms with Crippen molar-refractivity contribution in [3.8, 4) is 11.5 Å². The highest BCUT2D eigenvalue weighted by Crippen LogP contribution is 2.70. The van der Waals surface area contributed by atoms with Crippen LogP contribution in [-0.4, -0.2) is 45.8 Å². The number of carbonyl (C=O) groups is 2. The topological polar surface area (TPSA) is 112 Å². The standard InChI is InChI=1S/C30H33FN4O5/c1-3-38-24(36)22-14-39-23(33-22)20-5-4-6-21(13-20)35(26(37)29-15-30(31,16-29)17-29)18-27-7-10-28(11-8-27,12-9-27)25-32-19(2)34-40-25/h4-6,13-14H,3,7-12,15-18H2,1-2H3. The molecule has 0 saturated heterocycles. The van der Waals surface area contributed by atoms with E-state index in [-0.39, 0.29) is 34.9 Å². The van der Waals surface area contributed by atoms with Gasteiger partial charge in [0.25, 0.3) is 0 Å². The van der Waals surface area contributed by atoms with E-state index in [9.17, 15) is 14.0 Å². The Hall–Kier alpha value is -3.56. The van der Waals surface area contributed by atoms with Gasteiger partial charge in [0.15, 0.2) is 11.5 Å². The van der Waals surface area contributed by atoms with Crippen molar-refractivity contribution in [3.63, 3.8) is 0 Å². The third-order valence-corrected chi connectivity index (χ3v) is 9.93. The number of carbonyl (C=O) groups excluding carboxylic acids is 2. The molecule has 0 atom stereocenters. The summed E-state index contributed by atoms with van der Waals surface area (Å²) in [6.45, 7) is 4.40. The van der Waals surface area contributed by atoms with Gasteiger partial charge in [0.1, 0.15) is 11.9 Å². The van der Waals surface area contributed by atoms with E-state index in [2.05, 4.69) is 15.1 Å². The van der Waals surface area contributed by atoms with E-state index in [1.165, 1.54) is 6.26 Å². The van der Waals surface area contributed by atoms with Gasteiger partial charge in [-0.3, -0.25) is 4.79 Å². The van der Waals surface area contributed by atoms with E-state index in [4.69, 9.17) is 13.7 Å². The highest BCUT2D eigenvalue weighted by atomic mass is 19.1. The maximum absolute atomic E-state index is 14.5. The number of hydrogen-bond donors (Lipinski definition) is 0. The summed E-state index contributed by atoms with van der Waals surface area (Å²) < 4.78 is 30.7. The molecule has 40 heavy (non-hydrogen) atoms. The number of nitrogens with zero attached hydrogens (tertiary/aromatic N) is 4. The quantitative estimate of drug-likeness (QED) is 0.328. The van der Waals surface area contributed by atoms with Crippen LogP contribution in [-0.2, 0) is 14.9 Å². The number of aromatic nitrogens is 3. The Balaban J connectivity index is 1.17. The first-order valence-corrected chi connectivity index (χ1v) is 14.2. The third kappa shape index (κ3) is 3.89. The van der Waals surface area contributed by atoms with Crippen molar-refractivity contribution >= 4 is 17.6 Å². The van der Waals surface area contributed by atoms with Crippen LogP contribution in [0.25, 0.3) is 11.5 Å². The Morgan fingerprint density at radius 3 is 2.42 bits per heavy atom. The molecule has 10 heteroatoms. The zero-order valence-corrected chi connectivity index (χ0v) is 22.9. The van der Waals surface area contributed by atoms with Gasteiger partial charge in [-0.1, -0.05) is 11.2 Å². The minimum atomic E-state index is -1.17. The molecule has 0 unspecified atom stereocenters. The number of halogens is 1. The van der Waals surface area contributed by atoms with Gasteiger partial charge in [0.05, 0.1) is 12.0 Å². The average molecular weight is 549 g/mol. The smallest absolute Gasteiger partial charge is 0.360 e. The van der Waals surface area contributed by atoms with Crippen molar-refractivity contribution in [2.24, 2.45) is 10.8 Å². The normalized spacial score (nSPS) is 31.8. The summed E-state index contributed by atoms with van der Waals surface area (Å²) in [5.74, 6) is 1.14. The van der Waals surface area contributed by atoms with E-state index < -0.39 is 17.1 Å². The second-order valence-electron chi connectivity index (χ2n) is 12.6. The Morgan fingerprint density at radius 2 is 1.80 bits per heavy atom. The predicted molar refractivity (Wildman–Crippen MR) is 141 cm³/mol. The molecule has 9 nitrogen and oxygen atoms in total. The molecule has 4 bridgehead atoms. The number of anilines is 1. The molecule has 1 aromatic carbocycles. The van der Waals surface area contributed by atoms with Gasteiger partial charge in [-0.05, 0) is 95.2 Å². The van der Waals surface area contributed by atoms with Crippen LogP contribution in [0.15, 0.2) is 39.5 Å². The average Bonchev–Trinajstić information content (AvgIpc) is 3.61. The van der Waals surface area contributed by atoms with E-state index in [0.29, 0.717) is 37.2 Å². The molecule has 0 spiro atoms. The first-order chi connectivity index (χ1) is 19.2. The van der Waals surface area contributed by atoms with Crippen molar-refractivity contribution < 1.29 is 27.7 Å². The van der Waals surface area contributed by atoms with E-state index in [1.54, 1.807) is 6.92 Å². The Labute approximate surface area is 231 Å². The van der Waals surface area contributed by atoms with Crippen LogP contribution in [0.3, 0.4) is 0 Å². The zero-order valence-electron chi connectivity index (χ0n) is 22.9. The Bertz CT molecular complexity index is 1450. The molecule has 2 aromatic heterocycles. The summed E-state index contributed by atoms with van der Waals surface area (Å²) in [6.07, 6.45) is 7.93. The number of aryl methyl sites for hydroxylation is 1. The molecular formula is C30H33FN4O5. The Morgan fingerprint density at radius 1 is 1.07 bits per heavy atom. The number of fused-ring (bicyclic) bond motifs is 3. The molecule has 1 amide bonds. The lowest BCUT2D eigenvalue weighted by atomic mass is 9.41. The first kappa shape index (κ1) is 25.4. The van der Waals surface area contributed by atoms with Crippen LogP contribution < -0.4 is 4.90 Å². The van der Waals surface area contributed by atoms with Crippen molar-refractivity contribution in [2.45, 2.75) is 82.7 Å². The lowest BCUT2D eigenvalue weighted by Crippen LogP contribution is -2.71. The molecule has 6 fully saturated rings. The number of amides is 1. The van der Waals surface area contributed by atoms with E-state index in [1.807, 2.05) is 36.1 Å². The van der Waals surface area contributed by atoms with Crippen LogP contribution in [0, 0.1) is 17.8 Å². The summed E-state index contributed by atoms with van der Waals surface area (Å²) >= 11 is 0. The van der Waals surface area contributed by atoms with Gasteiger partial charge in [-0.2, -0.15) is 4.98 Å². The van der Waals surface area contributed by atoms with Crippen molar-refractivity contribution in [3.05, 3.63) is 47.9 Å². The second kappa shape index (κ2) is 8.72. The lowest BCUT2D eigenvalue weighted by molar-refractivity contribution is -0.211. The Kier molecular flexibility index (Phi) is 5.54. The molecule has 3 aromatic rings. The number of ether oxygens (including phenoxy) is 1. The summed E-state index contributed by atoms with van der Waals surface area (Å²) in [5, 5.41) is 4.03. The molecule has 0 aliphatic heterocycles. The zero-order chi connectivity index (χ0) is 27.8. The lowest BCUT2D eigenvalue weighted by Gasteiger charge is -2.65. The van der Waals surface area contributed by atoms with Crippen molar-refractivity contribution in [1.29, 1.82) is 0 Å². The molecule has 9 rings (SSSR count). The monoisotopic (exact) mass is 548 g/mol. The second-order valence-corrected chi connectivity index (χ2v) is 12.6. The van der Waals surface area contributed by atoms with Gasteiger partial charge in [0.2, 0.25) is 17.7 Å². The van der Waals surface area contributed by atoms with Crippen molar-refractivity contribution in [2.75, 3.05) is 18.1 Å². The van der Waals surface area contributed by atoms with Crippen molar-refractivity contribution in [1.82, 2.24) is 15.1 Å². The van der Waals surface area contributed by atoms with Crippen LogP contribution in [0.5, 0.6) is 0 Å². The van der Waals surface area contributed by atoms with Crippen LogP contribution in [0.4, 0.5) is 10.1 Å².